The number of halogens is 1. The van der Waals surface area contributed by atoms with Gasteiger partial charge in [-0.1, -0.05) is 43.1 Å². The fourth-order valence-corrected chi connectivity index (χ4v) is 2.90. The lowest BCUT2D eigenvalue weighted by atomic mass is 9.89. The second-order valence-corrected chi connectivity index (χ2v) is 6.09. The Bertz CT molecular complexity index is 391. The molecule has 1 aromatic rings. The van der Waals surface area contributed by atoms with Gasteiger partial charge in [-0.25, -0.2) is 9.97 Å². The zero-order valence-electron chi connectivity index (χ0n) is 10.3. The van der Waals surface area contributed by atoms with E-state index in [1.807, 2.05) is 6.26 Å². The van der Waals surface area contributed by atoms with Crippen molar-refractivity contribution in [3.8, 4) is 0 Å². The molecule has 0 bridgehead atoms. The van der Waals surface area contributed by atoms with Gasteiger partial charge in [-0.15, -0.1) is 0 Å². The summed E-state index contributed by atoms with van der Waals surface area (Å²) in [5.41, 5.74) is 0.414. The number of thioether (sulfide) groups is 1. The van der Waals surface area contributed by atoms with Crippen molar-refractivity contribution in [2.75, 3.05) is 18.1 Å². The Labute approximate surface area is 112 Å². The molecule has 0 atom stereocenters. The summed E-state index contributed by atoms with van der Waals surface area (Å²) in [4.78, 5) is 8.53. The van der Waals surface area contributed by atoms with Crippen molar-refractivity contribution in [1.29, 1.82) is 0 Å². The maximum absolute atomic E-state index is 5.95. The average Bonchev–Trinajstić information content (AvgIpc) is 2.73. The van der Waals surface area contributed by atoms with Crippen LogP contribution < -0.4 is 5.32 Å². The number of anilines is 1. The van der Waals surface area contributed by atoms with Crippen molar-refractivity contribution in [3.05, 3.63) is 11.2 Å². The van der Waals surface area contributed by atoms with E-state index in [0.717, 1.165) is 17.5 Å². The molecular weight excluding hydrogens is 254 g/mol. The summed E-state index contributed by atoms with van der Waals surface area (Å²) in [5.74, 6) is 0.836. The third-order valence-corrected chi connectivity index (χ3v) is 4.11. The van der Waals surface area contributed by atoms with Crippen LogP contribution in [0.4, 0.5) is 5.82 Å². The number of nitrogens with zero attached hydrogens (tertiary/aromatic N) is 2. The molecule has 0 unspecified atom stereocenters. The van der Waals surface area contributed by atoms with Crippen LogP contribution in [0.25, 0.3) is 0 Å². The monoisotopic (exact) mass is 271 g/mol. The first-order valence-corrected chi connectivity index (χ1v) is 7.54. The highest BCUT2D eigenvalue weighted by Crippen LogP contribution is 2.37. The third kappa shape index (κ3) is 3.49. The van der Waals surface area contributed by atoms with Gasteiger partial charge in [0.15, 0.2) is 5.16 Å². The van der Waals surface area contributed by atoms with Crippen LogP contribution in [0.3, 0.4) is 0 Å². The van der Waals surface area contributed by atoms with Crippen molar-refractivity contribution < 1.29 is 0 Å². The Morgan fingerprint density at radius 3 is 2.76 bits per heavy atom. The fourth-order valence-electron chi connectivity index (χ4n) is 2.29. The predicted molar refractivity (Wildman–Crippen MR) is 73.9 cm³/mol. The van der Waals surface area contributed by atoms with E-state index in [2.05, 4.69) is 22.2 Å². The minimum Gasteiger partial charge on any atom is -0.369 e. The van der Waals surface area contributed by atoms with Gasteiger partial charge < -0.3 is 5.32 Å². The highest BCUT2D eigenvalue weighted by atomic mass is 35.5. The van der Waals surface area contributed by atoms with Crippen LogP contribution in [-0.4, -0.2) is 22.8 Å². The first-order chi connectivity index (χ1) is 8.11. The van der Waals surface area contributed by atoms with Crippen molar-refractivity contribution in [3.63, 3.8) is 0 Å². The van der Waals surface area contributed by atoms with Gasteiger partial charge in [0.05, 0.1) is 0 Å². The van der Waals surface area contributed by atoms with Gasteiger partial charge in [-0.05, 0) is 24.5 Å². The molecule has 3 nitrogen and oxygen atoms in total. The summed E-state index contributed by atoms with van der Waals surface area (Å²) in [7, 11) is 0. The summed E-state index contributed by atoms with van der Waals surface area (Å²) in [5, 5.41) is 4.62. The van der Waals surface area contributed by atoms with E-state index in [-0.39, 0.29) is 0 Å². The first-order valence-electron chi connectivity index (χ1n) is 5.94. The van der Waals surface area contributed by atoms with E-state index in [0.29, 0.717) is 10.6 Å². The van der Waals surface area contributed by atoms with Gasteiger partial charge >= 0.3 is 0 Å². The van der Waals surface area contributed by atoms with Crippen molar-refractivity contribution >= 4 is 29.2 Å². The molecule has 2 rings (SSSR count). The molecular formula is C12H18ClN3S. The van der Waals surface area contributed by atoms with Gasteiger partial charge in [0.2, 0.25) is 0 Å². The van der Waals surface area contributed by atoms with Crippen LogP contribution in [0.15, 0.2) is 11.2 Å². The van der Waals surface area contributed by atoms with Crippen LogP contribution >= 0.6 is 23.4 Å². The van der Waals surface area contributed by atoms with E-state index in [4.69, 9.17) is 11.6 Å². The van der Waals surface area contributed by atoms with Crippen LogP contribution in [-0.2, 0) is 0 Å². The second-order valence-electron chi connectivity index (χ2n) is 4.93. The van der Waals surface area contributed by atoms with E-state index in [1.54, 1.807) is 6.07 Å². The normalized spacial score (nSPS) is 18.3. The fraction of sp³-hybridized carbons (Fsp3) is 0.667. The van der Waals surface area contributed by atoms with Gasteiger partial charge in [0, 0.05) is 12.6 Å². The van der Waals surface area contributed by atoms with E-state index >= 15 is 0 Å². The van der Waals surface area contributed by atoms with Gasteiger partial charge in [0.1, 0.15) is 11.0 Å². The van der Waals surface area contributed by atoms with Crippen molar-refractivity contribution in [2.24, 2.45) is 5.41 Å². The molecule has 5 heteroatoms. The molecule has 0 aliphatic heterocycles. The molecule has 17 heavy (non-hydrogen) atoms. The lowest BCUT2D eigenvalue weighted by Gasteiger charge is -2.24. The lowest BCUT2D eigenvalue weighted by Crippen LogP contribution is -2.23. The standard InChI is InChI=1S/C12H18ClN3S/c1-12(5-3-4-6-12)8-14-10-7-9(13)15-11(16-10)17-2/h7H,3-6,8H2,1-2H3,(H,14,15,16). The maximum Gasteiger partial charge on any atom is 0.190 e. The Hall–Kier alpha value is -0.480. The molecule has 1 aliphatic carbocycles. The highest BCUT2D eigenvalue weighted by Gasteiger charge is 2.28. The maximum atomic E-state index is 5.95. The molecule has 1 aromatic heterocycles. The smallest absolute Gasteiger partial charge is 0.190 e. The Morgan fingerprint density at radius 2 is 2.12 bits per heavy atom. The Morgan fingerprint density at radius 1 is 1.41 bits per heavy atom. The molecule has 0 spiro atoms. The summed E-state index contributed by atoms with van der Waals surface area (Å²) in [6.45, 7) is 3.31. The molecule has 1 N–H and O–H groups in total. The van der Waals surface area contributed by atoms with Gasteiger partial charge in [0.25, 0.3) is 0 Å². The summed E-state index contributed by atoms with van der Waals surface area (Å²) >= 11 is 7.46. The zero-order valence-corrected chi connectivity index (χ0v) is 11.9. The average molecular weight is 272 g/mol. The largest absolute Gasteiger partial charge is 0.369 e. The third-order valence-electron chi connectivity index (χ3n) is 3.36. The van der Waals surface area contributed by atoms with Gasteiger partial charge in [-0.3, -0.25) is 0 Å². The molecule has 1 saturated carbocycles. The van der Waals surface area contributed by atoms with Crippen LogP contribution in [0, 0.1) is 5.41 Å². The Balaban J connectivity index is 2.00. The van der Waals surface area contributed by atoms with E-state index in [9.17, 15) is 0 Å². The molecule has 0 aromatic carbocycles. The van der Waals surface area contributed by atoms with Crippen LogP contribution in [0.5, 0.6) is 0 Å². The van der Waals surface area contributed by atoms with Crippen LogP contribution in [0.2, 0.25) is 5.15 Å². The topological polar surface area (TPSA) is 37.8 Å². The number of nitrogens with one attached hydrogen (secondary N) is 1. The summed E-state index contributed by atoms with van der Waals surface area (Å²) in [6.07, 6.45) is 7.24. The molecule has 0 saturated heterocycles. The van der Waals surface area contributed by atoms with Crippen molar-refractivity contribution in [2.45, 2.75) is 37.8 Å². The van der Waals surface area contributed by atoms with E-state index < -0.39 is 0 Å². The number of rotatable bonds is 4. The summed E-state index contributed by atoms with van der Waals surface area (Å²) < 4.78 is 0. The first kappa shape index (κ1) is 13.0. The molecule has 1 heterocycles. The lowest BCUT2D eigenvalue weighted by molar-refractivity contribution is 0.361. The van der Waals surface area contributed by atoms with Gasteiger partial charge in [-0.2, -0.15) is 0 Å². The Kier molecular flexibility index (Phi) is 4.15. The minimum absolute atomic E-state index is 0.414. The van der Waals surface area contributed by atoms with E-state index in [1.165, 1.54) is 37.4 Å². The summed E-state index contributed by atoms with van der Waals surface area (Å²) in [6, 6.07) is 1.79. The highest BCUT2D eigenvalue weighted by molar-refractivity contribution is 7.98. The number of hydrogen-bond donors (Lipinski definition) is 1. The number of hydrogen-bond acceptors (Lipinski definition) is 4. The molecule has 0 amide bonds. The SMILES string of the molecule is CSc1nc(Cl)cc(NCC2(C)CCCC2)n1. The van der Waals surface area contributed by atoms with Crippen molar-refractivity contribution in [1.82, 2.24) is 9.97 Å². The molecule has 1 aliphatic rings. The quantitative estimate of drug-likeness (QED) is 0.513. The second kappa shape index (κ2) is 5.44. The zero-order chi connectivity index (χ0) is 12.3. The number of aromatic nitrogens is 2. The van der Waals surface area contributed by atoms with Crippen LogP contribution in [0.1, 0.15) is 32.6 Å². The predicted octanol–water partition coefficient (Wildman–Crippen LogP) is 3.84. The molecule has 94 valence electrons. The minimum atomic E-state index is 0.414. The molecule has 1 fully saturated rings. The molecule has 0 radical (unpaired) electrons.